The van der Waals surface area contributed by atoms with E-state index in [2.05, 4.69) is 10.3 Å². The molecule has 4 rings (SSSR count). The maximum absolute atomic E-state index is 13.0. The average molecular weight is 390 g/mol. The van der Waals surface area contributed by atoms with E-state index in [1.54, 1.807) is 9.36 Å². The predicted molar refractivity (Wildman–Crippen MR) is 113 cm³/mol. The second kappa shape index (κ2) is 7.36. The summed E-state index contributed by atoms with van der Waals surface area (Å²) in [4.78, 5) is 30.2. The van der Waals surface area contributed by atoms with Crippen molar-refractivity contribution in [2.24, 2.45) is 12.0 Å². The highest BCUT2D eigenvalue weighted by Gasteiger charge is 2.25. The van der Waals surface area contributed by atoms with E-state index < -0.39 is 0 Å². The van der Waals surface area contributed by atoms with E-state index in [0.29, 0.717) is 15.8 Å². The maximum Gasteiger partial charge on any atom is 0.297 e. The molecule has 28 heavy (non-hydrogen) atoms. The Morgan fingerprint density at radius 1 is 1.00 bits per heavy atom. The van der Waals surface area contributed by atoms with Gasteiger partial charge < -0.3 is 5.32 Å². The van der Waals surface area contributed by atoms with Crippen LogP contribution in [-0.2, 0) is 11.8 Å². The fourth-order valence-corrected chi connectivity index (χ4v) is 3.79. The van der Waals surface area contributed by atoms with Crippen molar-refractivity contribution in [3.63, 3.8) is 0 Å². The lowest BCUT2D eigenvalue weighted by atomic mass is 10.2. The smallest absolute Gasteiger partial charge is 0.297 e. The normalized spacial score (nSPS) is 16.7. The van der Waals surface area contributed by atoms with Gasteiger partial charge in [-0.15, -0.1) is 0 Å². The van der Waals surface area contributed by atoms with Crippen LogP contribution in [0.3, 0.4) is 0 Å². The Bertz CT molecular complexity index is 1160. The lowest BCUT2D eigenvalue weighted by Gasteiger charge is -2.07. The fraction of sp³-hybridized carbons (Fsp3) is 0.0952. The summed E-state index contributed by atoms with van der Waals surface area (Å²) >= 11 is 1.23. The average Bonchev–Trinajstić information content (AvgIpc) is 3.15. The third-order valence-corrected chi connectivity index (χ3v) is 5.40. The Balaban J connectivity index is 1.70. The van der Waals surface area contributed by atoms with Gasteiger partial charge in [0.05, 0.1) is 16.3 Å². The molecule has 0 spiro atoms. The molecule has 2 heterocycles. The molecule has 0 unspecified atom stereocenters. The van der Waals surface area contributed by atoms with Gasteiger partial charge in [-0.1, -0.05) is 48.5 Å². The van der Waals surface area contributed by atoms with Crippen LogP contribution in [0.2, 0.25) is 0 Å². The molecule has 2 aromatic carbocycles. The van der Waals surface area contributed by atoms with Crippen molar-refractivity contribution in [1.82, 2.24) is 14.7 Å². The summed E-state index contributed by atoms with van der Waals surface area (Å²) < 4.78 is 3.33. The van der Waals surface area contributed by atoms with Crippen molar-refractivity contribution in [2.75, 3.05) is 0 Å². The van der Waals surface area contributed by atoms with E-state index in [9.17, 15) is 9.59 Å². The van der Waals surface area contributed by atoms with Crippen LogP contribution in [0.15, 0.2) is 75.4 Å². The molecule has 1 fully saturated rings. The van der Waals surface area contributed by atoms with Crippen molar-refractivity contribution in [1.29, 1.82) is 0 Å². The van der Waals surface area contributed by atoms with Crippen LogP contribution in [0.5, 0.6) is 0 Å². The number of carbonyl (C=O) groups is 1. The number of aromatic nitrogens is 2. The molecule has 1 aliphatic rings. The minimum absolute atomic E-state index is 0.218. The molecule has 0 radical (unpaired) electrons. The zero-order chi connectivity index (χ0) is 19.7. The second-order valence-electron chi connectivity index (χ2n) is 6.30. The van der Waals surface area contributed by atoms with E-state index in [-0.39, 0.29) is 11.5 Å². The number of para-hydroxylation sites is 1. The van der Waals surface area contributed by atoms with Crippen molar-refractivity contribution >= 4 is 34.6 Å². The minimum atomic E-state index is -0.228. The molecule has 0 bridgehead atoms. The molecule has 140 valence electrons. The second-order valence-corrected chi connectivity index (χ2v) is 7.33. The van der Waals surface area contributed by atoms with Crippen LogP contribution in [0, 0.1) is 6.92 Å². The zero-order valence-electron chi connectivity index (χ0n) is 15.4. The summed E-state index contributed by atoms with van der Waals surface area (Å²) in [5.41, 5.74) is 2.50. The lowest BCUT2D eigenvalue weighted by Crippen LogP contribution is -2.21. The molecule has 6 nitrogen and oxygen atoms in total. The molecule has 0 aliphatic carbocycles. The summed E-state index contributed by atoms with van der Waals surface area (Å²) in [6.07, 6.45) is 1.81. The number of hydrogen-bond acceptors (Lipinski definition) is 4. The standard InChI is InChI=1S/C21H18N4O2S/c1-14-18(20(27)25(24(14)2)16-11-7-4-8-12-16)22-21-23-19(26)17(28-21)13-15-9-5-3-6-10-15/h3-13H,1-2H3,(H,22,23,26). The van der Waals surface area contributed by atoms with Gasteiger partial charge in [0.15, 0.2) is 10.9 Å². The molecule has 1 N–H and O–H groups in total. The van der Waals surface area contributed by atoms with Gasteiger partial charge in [0.2, 0.25) is 0 Å². The van der Waals surface area contributed by atoms with Crippen molar-refractivity contribution < 1.29 is 4.79 Å². The third-order valence-electron chi connectivity index (χ3n) is 4.49. The lowest BCUT2D eigenvalue weighted by molar-refractivity contribution is -0.115. The summed E-state index contributed by atoms with van der Waals surface area (Å²) in [7, 11) is 1.81. The van der Waals surface area contributed by atoms with Crippen molar-refractivity contribution in [3.8, 4) is 5.69 Å². The Hall–Kier alpha value is -3.32. The Labute approximate surface area is 166 Å². The van der Waals surface area contributed by atoms with Crippen LogP contribution in [0.25, 0.3) is 11.8 Å². The zero-order valence-corrected chi connectivity index (χ0v) is 16.2. The van der Waals surface area contributed by atoms with Gasteiger partial charge in [-0.05, 0) is 42.5 Å². The molecule has 3 aromatic rings. The van der Waals surface area contributed by atoms with Crippen LogP contribution >= 0.6 is 11.8 Å². The topological polar surface area (TPSA) is 68.4 Å². The molecular weight excluding hydrogens is 372 g/mol. The Morgan fingerprint density at radius 2 is 1.64 bits per heavy atom. The fourth-order valence-electron chi connectivity index (χ4n) is 2.97. The van der Waals surface area contributed by atoms with Crippen LogP contribution in [0.4, 0.5) is 5.69 Å². The molecule has 0 atom stereocenters. The molecule has 1 aliphatic heterocycles. The van der Waals surface area contributed by atoms with Crippen LogP contribution in [-0.4, -0.2) is 20.4 Å². The first-order chi connectivity index (χ1) is 13.5. The summed E-state index contributed by atoms with van der Waals surface area (Å²) in [6.45, 7) is 1.84. The number of nitrogens with one attached hydrogen (secondary N) is 1. The molecular formula is C21H18N4O2S. The minimum Gasteiger partial charge on any atom is -0.300 e. The van der Waals surface area contributed by atoms with E-state index in [4.69, 9.17) is 0 Å². The van der Waals surface area contributed by atoms with Crippen molar-refractivity contribution in [2.45, 2.75) is 6.92 Å². The number of carbonyl (C=O) groups excluding carboxylic acids is 1. The number of amidine groups is 1. The van der Waals surface area contributed by atoms with E-state index >= 15 is 0 Å². The van der Waals surface area contributed by atoms with Gasteiger partial charge >= 0.3 is 0 Å². The van der Waals surface area contributed by atoms with E-state index in [0.717, 1.165) is 16.9 Å². The SMILES string of the molecule is Cc1c(N=C2NC(=O)C(=Cc3ccccc3)S2)c(=O)n(-c2ccccc2)n1C. The third kappa shape index (κ3) is 3.32. The van der Waals surface area contributed by atoms with Gasteiger partial charge in [-0.25, -0.2) is 9.67 Å². The largest absolute Gasteiger partial charge is 0.300 e. The number of aliphatic imine (C=N–C) groups is 1. The van der Waals surface area contributed by atoms with Gasteiger partial charge in [0, 0.05) is 7.05 Å². The summed E-state index contributed by atoms with van der Waals surface area (Å²) in [5.74, 6) is -0.218. The molecule has 7 heteroatoms. The first-order valence-corrected chi connectivity index (χ1v) is 9.55. The molecule has 1 aromatic heterocycles. The highest BCUT2D eigenvalue weighted by molar-refractivity contribution is 8.18. The van der Waals surface area contributed by atoms with Crippen molar-refractivity contribution in [3.05, 3.63) is 87.2 Å². The molecule has 1 saturated heterocycles. The first-order valence-electron chi connectivity index (χ1n) is 8.73. The van der Waals surface area contributed by atoms with Gasteiger partial charge in [0.25, 0.3) is 11.5 Å². The number of hydrogen-bond donors (Lipinski definition) is 1. The number of nitrogens with zero attached hydrogens (tertiary/aromatic N) is 3. The first kappa shape index (κ1) is 18.1. The van der Waals surface area contributed by atoms with Gasteiger partial charge in [-0.2, -0.15) is 0 Å². The van der Waals surface area contributed by atoms with Crippen LogP contribution in [0.1, 0.15) is 11.3 Å². The van der Waals surface area contributed by atoms with E-state index in [1.165, 1.54) is 11.8 Å². The summed E-state index contributed by atoms with van der Waals surface area (Å²) in [5, 5.41) is 3.15. The molecule has 0 saturated carbocycles. The number of rotatable bonds is 3. The number of amides is 1. The van der Waals surface area contributed by atoms with E-state index in [1.807, 2.05) is 80.7 Å². The van der Waals surface area contributed by atoms with Gasteiger partial charge in [0.1, 0.15) is 0 Å². The number of thioether (sulfide) groups is 1. The highest BCUT2D eigenvalue weighted by atomic mass is 32.2. The van der Waals surface area contributed by atoms with Gasteiger partial charge in [-0.3, -0.25) is 14.3 Å². The number of benzene rings is 2. The highest BCUT2D eigenvalue weighted by Crippen LogP contribution is 2.28. The van der Waals surface area contributed by atoms with Crippen LogP contribution < -0.4 is 10.9 Å². The quantitative estimate of drug-likeness (QED) is 0.697. The summed E-state index contributed by atoms with van der Waals surface area (Å²) in [6, 6.07) is 19.0. The Morgan fingerprint density at radius 3 is 2.32 bits per heavy atom. The molecule has 1 amide bonds. The monoisotopic (exact) mass is 390 g/mol. The maximum atomic E-state index is 13.0. The Kier molecular flexibility index (Phi) is 4.75. The predicted octanol–water partition coefficient (Wildman–Crippen LogP) is 3.38.